The van der Waals surface area contributed by atoms with Crippen LogP contribution in [0, 0.1) is 0 Å². The Morgan fingerprint density at radius 3 is 3.16 bits per heavy atom. The number of nitrogens with zero attached hydrogens (tertiary/aromatic N) is 1. The maximum Gasteiger partial charge on any atom is 0.251 e. The fourth-order valence-electron chi connectivity index (χ4n) is 2.20. The molecule has 0 radical (unpaired) electrons. The lowest BCUT2D eigenvalue weighted by molar-refractivity contribution is 0.181. The summed E-state index contributed by atoms with van der Waals surface area (Å²) in [5.74, 6) is 1.48. The number of ether oxygens (including phenoxy) is 2. The molecule has 0 atom stereocenters. The summed E-state index contributed by atoms with van der Waals surface area (Å²) in [6, 6.07) is 7.28. The van der Waals surface area contributed by atoms with Gasteiger partial charge in [-0.15, -0.1) is 0 Å². The first kappa shape index (κ1) is 11.9. The van der Waals surface area contributed by atoms with Crippen molar-refractivity contribution in [1.29, 1.82) is 0 Å². The van der Waals surface area contributed by atoms with E-state index in [0.717, 1.165) is 23.3 Å². The molecule has 19 heavy (non-hydrogen) atoms. The molecule has 5 heteroatoms. The highest BCUT2D eigenvalue weighted by molar-refractivity contribution is 5.59. The van der Waals surface area contributed by atoms with E-state index in [1.54, 1.807) is 7.11 Å². The van der Waals surface area contributed by atoms with Crippen LogP contribution in [0.4, 0.5) is 0 Å². The molecule has 0 spiro atoms. The van der Waals surface area contributed by atoms with Crippen LogP contribution in [-0.4, -0.2) is 23.7 Å². The first-order valence-corrected chi connectivity index (χ1v) is 6.11. The van der Waals surface area contributed by atoms with Crippen molar-refractivity contribution < 1.29 is 9.47 Å². The molecule has 2 aromatic rings. The molecule has 98 valence electrons. The molecule has 1 aliphatic heterocycles. The maximum atomic E-state index is 11.6. The second-order valence-corrected chi connectivity index (χ2v) is 4.44. The molecule has 0 amide bonds. The summed E-state index contributed by atoms with van der Waals surface area (Å²) in [5, 5.41) is 0. The van der Waals surface area contributed by atoms with Crippen molar-refractivity contribution in [3.8, 4) is 17.1 Å². The van der Waals surface area contributed by atoms with Crippen LogP contribution in [0.1, 0.15) is 11.3 Å². The Labute approximate surface area is 110 Å². The third kappa shape index (κ3) is 2.37. The van der Waals surface area contributed by atoms with E-state index in [1.807, 2.05) is 18.2 Å². The van der Waals surface area contributed by atoms with E-state index in [1.165, 1.54) is 6.07 Å². The third-order valence-corrected chi connectivity index (χ3v) is 3.05. The Balaban J connectivity index is 2.04. The van der Waals surface area contributed by atoms with Crippen LogP contribution in [-0.2, 0) is 17.8 Å². The number of H-pyrrole nitrogens is 1. The predicted molar refractivity (Wildman–Crippen MR) is 70.2 cm³/mol. The summed E-state index contributed by atoms with van der Waals surface area (Å²) in [5.41, 5.74) is 2.49. The molecule has 0 bridgehead atoms. The lowest BCUT2D eigenvalue weighted by atomic mass is 10.1. The van der Waals surface area contributed by atoms with Gasteiger partial charge >= 0.3 is 0 Å². The standard InChI is InChI=1S/C14H14N2O3/c1-18-8-11-7-13(17)16-14(15-11)10-2-3-12-9(6-10)4-5-19-12/h2-3,6-7H,4-5,8H2,1H3,(H,15,16,17). The van der Waals surface area contributed by atoms with Gasteiger partial charge in [0.15, 0.2) is 0 Å². The van der Waals surface area contributed by atoms with Crippen LogP contribution in [0.15, 0.2) is 29.1 Å². The molecule has 1 aromatic heterocycles. The van der Waals surface area contributed by atoms with E-state index in [0.29, 0.717) is 24.7 Å². The molecule has 5 nitrogen and oxygen atoms in total. The fourth-order valence-corrected chi connectivity index (χ4v) is 2.20. The van der Waals surface area contributed by atoms with Crippen molar-refractivity contribution in [2.45, 2.75) is 13.0 Å². The van der Waals surface area contributed by atoms with Crippen molar-refractivity contribution in [2.75, 3.05) is 13.7 Å². The molecule has 3 rings (SSSR count). The number of aromatic nitrogens is 2. The topological polar surface area (TPSA) is 64.2 Å². The van der Waals surface area contributed by atoms with E-state index in [2.05, 4.69) is 9.97 Å². The number of hydrogen-bond acceptors (Lipinski definition) is 4. The Kier molecular flexibility index (Phi) is 3.05. The number of benzene rings is 1. The van der Waals surface area contributed by atoms with E-state index in [-0.39, 0.29) is 5.56 Å². The molecular formula is C14H14N2O3. The van der Waals surface area contributed by atoms with Gasteiger partial charge in [-0.3, -0.25) is 4.79 Å². The van der Waals surface area contributed by atoms with Crippen molar-refractivity contribution in [3.63, 3.8) is 0 Å². The van der Waals surface area contributed by atoms with Gasteiger partial charge in [-0.2, -0.15) is 0 Å². The van der Waals surface area contributed by atoms with Gasteiger partial charge in [0.25, 0.3) is 5.56 Å². The number of methoxy groups -OCH3 is 1. The summed E-state index contributed by atoms with van der Waals surface area (Å²) in [6.45, 7) is 1.04. The molecule has 0 fully saturated rings. The minimum Gasteiger partial charge on any atom is -0.493 e. The fraction of sp³-hybridized carbons (Fsp3) is 0.286. The first-order valence-electron chi connectivity index (χ1n) is 6.11. The van der Waals surface area contributed by atoms with Gasteiger partial charge in [0.2, 0.25) is 0 Å². The van der Waals surface area contributed by atoms with Gasteiger partial charge in [-0.05, 0) is 23.8 Å². The van der Waals surface area contributed by atoms with E-state index in [4.69, 9.17) is 9.47 Å². The van der Waals surface area contributed by atoms with E-state index in [9.17, 15) is 4.79 Å². The predicted octanol–water partition coefficient (Wildman–Crippen LogP) is 1.52. The maximum absolute atomic E-state index is 11.6. The average molecular weight is 258 g/mol. The summed E-state index contributed by atoms with van der Waals surface area (Å²) < 4.78 is 10.5. The highest BCUT2D eigenvalue weighted by Gasteiger charge is 2.13. The highest BCUT2D eigenvalue weighted by atomic mass is 16.5. The molecule has 1 aliphatic rings. The molecular weight excluding hydrogens is 244 g/mol. The van der Waals surface area contributed by atoms with Crippen LogP contribution in [0.3, 0.4) is 0 Å². The summed E-state index contributed by atoms with van der Waals surface area (Å²) in [4.78, 5) is 18.8. The highest BCUT2D eigenvalue weighted by Crippen LogP contribution is 2.28. The molecule has 0 unspecified atom stereocenters. The minimum absolute atomic E-state index is 0.172. The zero-order valence-corrected chi connectivity index (χ0v) is 10.6. The quantitative estimate of drug-likeness (QED) is 0.906. The van der Waals surface area contributed by atoms with Crippen molar-refractivity contribution in [1.82, 2.24) is 9.97 Å². The van der Waals surface area contributed by atoms with Gasteiger partial charge in [0, 0.05) is 25.2 Å². The molecule has 0 saturated heterocycles. The molecule has 1 aromatic carbocycles. The van der Waals surface area contributed by atoms with Crippen LogP contribution < -0.4 is 10.3 Å². The first-order chi connectivity index (χ1) is 9.26. The number of fused-ring (bicyclic) bond motifs is 1. The van der Waals surface area contributed by atoms with Crippen molar-refractivity contribution >= 4 is 0 Å². The number of aromatic amines is 1. The Hall–Kier alpha value is -2.14. The molecule has 2 heterocycles. The second kappa shape index (κ2) is 4.85. The monoisotopic (exact) mass is 258 g/mol. The average Bonchev–Trinajstić information content (AvgIpc) is 2.85. The Morgan fingerprint density at radius 2 is 2.32 bits per heavy atom. The van der Waals surface area contributed by atoms with Gasteiger partial charge in [0.1, 0.15) is 11.6 Å². The van der Waals surface area contributed by atoms with E-state index < -0.39 is 0 Å². The molecule has 0 saturated carbocycles. The number of nitrogens with one attached hydrogen (secondary N) is 1. The molecule has 0 aliphatic carbocycles. The van der Waals surface area contributed by atoms with Crippen LogP contribution in [0.5, 0.6) is 5.75 Å². The molecule has 1 N–H and O–H groups in total. The van der Waals surface area contributed by atoms with Gasteiger partial charge in [0.05, 0.1) is 18.9 Å². The zero-order valence-electron chi connectivity index (χ0n) is 10.6. The van der Waals surface area contributed by atoms with Crippen LogP contribution in [0.25, 0.3) is 11.4 Å². The van der Waals surface area contributed by atoms with Gasteiger partial charge in [-0.1, -0.05) is 0 Å². The second-order valence-electron chi connectivity index (χ2n) is 4.44. The third-order valence-electron chi connectivity index (χ3n) is 3.05. The number of rotatable bonds is 3. The lowest BCUT2D eigenvalue weighted by Gasteiger charge is -2.05. The summed E-state index contributed by atoms with van der Waals surface area (Å²) in [6.07, 6.45) is 0.894. The van der Waals surface area contributed by atoms with E-state index >= 15 is 0 Å². The zero-order chi connectivity index (χ0) is 13.2. The normalized spacial score (nSPS) is 13.1. The SMILES string of the molecule is COCc1cc(=O)[nH]c(-c2ccc3c(c2)CCO3)n1. The van der Waals surface area contributed by atoms with Gasteiger partial charge in [-0.25, -0.2) is 4.98 Å². The Morgan fingerprint density at radius 1 is 1.42 bits per heavy atom. The Bertz CT molecular complexity index is 664. The summed E-state index contributed by atoms with van der Waals surface area (Å²) >= 11 is 0. The summed E-state index contributed by atoms with van der Waals surface area (Å²) in [7, 11) is 1.58. The number of hydrogen-bond donors (Lipinski definition) is 1. The largest absolute Gasteiger partial charge is 0.493 e. The lowest BCUT2D eigenvalue weighted by Crippen LogP contribution is -2.10. The van der Waals surface area contributed by atoms with Crippen LogP contribution >= 0.6 is 0 Å². The minimum atomic E-state index is -0.172. The smallest absolute Gasteiger partial charge is 0.251 e. The van der Waals surface area contributed by atoms with Crippen molar-refractivity contribution in [2.24, 2.45) is 0 Å². The van der Waals surface area contributed by atoms with Crippen molar-refractivity contribution in [3.05, 3.63) is 45.9 Å². The van der Waals surface area contributed by atoms with Gasteiger partial charge < -0.3 is 14.5 Å². The van der Waals surface area contributed by atoms with Crippen LogP contribution in [0.2, 0.25) is 0 Å².